The average molecular weight is 370 g/mol. The molecule has 5 heteroatoms. The molecule has 0 aliphatic carbocycles. The van der Waals surface area contributed by atoms with Crippen molar-refractivity contribution in [1.82, 2.24) is 4.90 Å². The van der Waals surface area contributed by atoms with Crippen LogP contribution in [-0.2, 0) is 11.3 Å². The van der Waals surface area contributed by atoms with Gasteiger partial charge in [0.2, 0.25) is 5.91 Å². The molecular formula is C22H24F2N2O. The van der Waals surface area contributed by atoms with E-state index in [1.807, 2.05) is 36.1 Å². The molecule has 27 heavy (non-hydrogen) atoms. The van der Waals surface area contributed by atoms with Gasteiger partial charge in [-0.25, -0.2) is 8.78 Å². The lowest BCUT2D eigenvalue weighted by molar-refractivity contribution is -0.131. The van der Waals surface area contributed by atoms with Crippen molar-refractivity contribution >= 4 is 11.6 Å². The minimum Gasteiger partial charge on any atom is -0.311 e. The Bertz CT molecular complexity index is 852. The van der Waals surface area contributed by atoms with Gasteiger partial charge >= 0.3 is 0 Å². The first-order chi connectivity index (χ1) is 13.0. The van der Waals surface area contributed by atoms with Gasteiger partial charge in [-0.2, -0.15) is 0 Å². The number of amides is 1. The van der Waals surface area contributed by atoms with E-state index in [0.29, 0.717) is 12.1 Å². The maximum atomic E-state index is 14.2. The number of hydrogen-bond donors (Lipinski definition) is 0. The second-order valence-electron chi connectivity index (χ2n) is 7.67. The van der Waals surface area contributed by atoms with E-state index in [0.717, 1.165) is 49.5 Å². The number of hydrogen-bond acceptors (Lipinski definition) is 2. The summed E-state index contributed by atoms with van der Waals surface area (Å²) in [6.07, 6.45) is 3.34. The molecule has 2 saturated heterocycles. The molecule has 2 aliphatic rings. The molecule has 2 aromatic carbocycles. The van der Waals surface area contributed by atoms with Crippen LogP contribution in [0.1, 0.15) is 36.8 Å². The SMILES string of the molecule is Cc1ccc(N2CCCC3(CCCN3Cc3cccc(F)c3F)C2=O)cc1. The monoisotopic (exact) mass is 370 g/mol. The Labute approximate surface area is 158 Å². The minimum atomic E-state index is -0.836. The van der Waals surface area contributed by atoms with Crippen molar-refractivity contribution in [3.63, 3.8) is 0 Å². The summed E-state index contributed by atoms with van der Waals surface area (Å²) < 4.78 is 27.8. The molecule has 2 aliphatic heterocycles. The number of piperidine rings is 1. The van der Waals surface area contributed by atoms with E-state index in [9.17, 15) is 13.6 Å². The van der Waals surface area contributed by atoms with Crippen molar-refractivity contribution in [1.29, 1.82) is 0 Å². The number of carbonyl (C=O) groups is 1. The number of rotatable bonds is 3. The molecule has 1 unspecified atom stereocenters. The number of anilines is 1. The molecular weight excluding hydrogens is 346 g/mol. The van der Waals surface area contributed by atoms with E-state index < -0.39 is 17.2 Å². The molecule has 0 radical (unpaired) electrons. The zero-order valence-corrected chi connectivity index (χ0v) is 15.5. The molecule has 2 fully saturated rings. The predicted octanol–water partition coefficient (Wildman–Crippen LogP) is 4.43. The van der Waals surface area contributed by atoms with Gasteiger partial charge in [0.05, 0.1) is 0 Å². The number of benzene rings is 2. The van der Waals surface area contributed by atoms with Gasteiger partial charge in [0.1, 0.15) is 5.54 Å². The van der Waals surface area contributed by atoms with Crippen molar-refractivity contribution in [2.45, 2.75) is 44.7 Å². The van der Waals surface area contributed by atoms with Crippen molar-refractivity contribution in [2.24, 2.45) is 0 Å². The third-order valence-corrected chi connectivity index (χ3v) is 5.98. The van der Waals surface area contributed by atoms with E-state index >= 15 is 0 Å². The van der Waals surface area contributed by atoms with Crippen LogP contribution in [0.2, 0.25) is 0 Å². The van der Waals surface area contributed by atoms with Crippen LogP contribution in [0.25, 0.3) is 0 Å². The van der Waals surface area contributed by atoms with Crippen LogP contribution >= 0.6 is 0 Å². The maximum Gasteiger partial charge on any atom is 0.247 e. The van der Waals surface area contributed by atoms with Gasteiger partial charge in [-0.05, 0) is 57.4 Å². The molecule has 4 rings (SSSR count). The topological polar surface area (TPSA) is 23.6 Å². The third kappa shape index (κ3) is 3.14. The zero-order valence-electron chi connectivity index (χ0n) is 15.5. The first-order valence-corrected chi connectivity index (χ1v) is 9.58. The number of nitrogens with zero attached hydrogens (tertiary/aromatic N) is 2. The summed E-state index contributed by atoms with van der Waals surface area (Å²) in [5, 5.41) is 0. The summed E-state index contributed by atoms with van der Waals surface area (Å²) in [5.41, 5.74) is 1.77. The van der Waals surface area contributed by atoms with Gasteiger partial charge in [0.15, 0.2) is 11.6 Å². The van der Waals surface area contributed by atoms with Crippen molar-refractivity contribution in [3.8, 4) is 0 Å². The van der Waals surface area contributed by atoms with Crippen LogP contribution in [0.5, 0.6) is 0 Å². The summed E-state index contributed by atoms with van der Waals surface area (Å²) in [7, 11) is 0. The highest BCUT2D eigenvalue weighted by Crippen LogP contribution is 2.40. The van der Waals surface area contributed by atoms with E-state index in [-0.39, 0.29) is 12.5 Å². The largest absolute Gasteiger partial charge is 0.311 e. The van der Waals surface area contributed by atoms with Gasteiger partial charge in [0.25, 0.3) is 0 Å². The number of likely N-dealkylation sites (tertiary alicyclic amines) is 1. The van der Waals surface area contributed by atoms with Gasteiger partial charge in [-0.1, -0.05) is 29.8 Å². The van der Waals surface area contributed by atoms with Crippen molar-refractivity contribution in [2.75, 3.05) is 18.0 Å². The van der Waals surface area contributed by atoms with Gasteiger partial charge in [-0.15, -0.1) is 0 Å². The predicted molar refractivity (Wildman–Crippen MR) is 101 cm³/mol. The molecule has 142 valence electrons. The Morgan fingerprint density at radius 1 is 1.00 bits per heavy atom. The van der Waals surface area contributed by atoms with Crippen molar-refractivity contribution < 1.29 is 13.6 Å². The highest BCUT2D eigenvalue weighted by Gasteiger charge is 2.51. The van der Waals surface area contributed by atoms with Gasteiger partial charge in [-0.3, -0.25) is 9.69 Å². The second-order valence-corrected chi connectivity index (χ2v) is 7.67. The van der Waals surface area contributed by atoms with Crippen LogP contribution in [0.15, 0.2) is 42.5 Å². The Kier molecular flexibility index (Phi) is 4.72. The lowest BCUT2D eigenvalue weighted by Crippen LogP contribution is -2.60. The first kappa shape index (κ1) is 18.1. The van der Waals surface area contributed by atoms with Crippen LogP contribution < -0.4 is 4.90 Å². The summed E-state index contributed by atoms with van der Waals surface area (Å²) in [6, 6.07) is 12.3. The molecule has 0 N–H and O–H groups in total. The summed E-state index contributed by atoms with van der Waals surface area (Å²) in [5.74, 6) is -1.55. The maximum absolute atomic E-state index is 14.2. The fourth-order valence-corrected chi connectivity index (χ4v) is 4.53. The second kappa shape index (κ2) is 7.04. The zero-order chi connectivity index (χ0) is 19.0. The van der Waals surface area contributed by atoms with Crippen LogP contribution in [0, 0.1) is 18.6 Å². The van der Waals surface area contributed by atoms with Crippen LogP contribution in [-0.4, -0.2) is 29.4 Å². The third-order valence-electron chi connectivity index (χ3n) is 5.98. The molecule has 2 heterocycles. The molecule has 0 bridgehead atoms. The van der Waals surface area contributed by atoms with E-state index in [2.05, 4.69) is 4.90 Å². The Balaban J connectivity index is 1.62. The standard InChI is InChI=1S/C22H24F2N2O/c1-16-7-9-18(10-8-16)26-14-4-12-22(21(26)27)11-3-13-25(22)15-17-5-2-6-19(23)20(17)24/h2,5-10H,3-4,11-15H2,1H3. The molecule has 0 aromatic heterocycles. The molecule has 0 saturated carbocycles. The normalized spacial score (nSPS) is 23.4. The van der Waals surface area contributed by atoms with Gasteiger partial charge in [0, 0.05) is 24.3 Å². The van der Waals surface area contributed by atoms with Crippen LogP contribution in [0.4, 0.5) is 14.5 Å². The molecule has 1 amide bonds. The quantitative estimate of drug-likeness (QED) is 0.798. The summed E-state index contributed by atoms with van der Waals surface area (Å²) in [6.45, 7) is 3.71. The van der Waals surface area contributed by atoms with E-state index in [1.165, 1.54) is 6.07 Å². The van der Waals surface area contributed by atoms with Gasteiger partial charge < -0.3 is 4.90 Å². The highest BCUT2D eigenvalue weighted by atomic mass is 19.2. The Hall–Kier alpha value is -2.27. The number of halogens is 2. The lowest BCUT2D eigenvalue weighted by Gasteiger charge is -2.44. The van der Waals surface area contributed by atoms with E-state index in [1.54, 1.807) is 6.07 Å². The summed E-state index contributed by atoms with van der Waals surface area (Å²) >= 11 is 0. The molecule has 2 aromatic rings. The number of aryl methyl sites for hydroxylation is 1. The summed E-state index contributed by atoms with van der Waals surface area (Å²) in [4.78, 5) is 17.4. The van der Waals surface area contributed by atoms with Crippen LogP contribution in [0.3, 0.4) is 0 Å². The molecule has 1 atom stereocenters. The minimum absolute atomic E-state index is 0.0897. The Morgan fingerprint density at radius 3 is 2.44 bits per heavy atom. The van der Waals surface area contributed by atoms with Crippen molar-refractivity contribution in [3.05, 3.63) is 65.2 Å². The average Bonchev–Trinajstić information content (AvgIpc) is 3.05. The Morgan fingerprint density at radius 2 is 1.70 bits per heavy atom. The number of carbonyl (C=O) groups excluding carboxylic acids is 1. The molecule has 3 nitrogen and oxygen atoms in total. The molecule has 1 spiro atoms. The fourth-order valence-electron chi connectivity index (χ4n) is 4.53. The highest BCUT2D eigenvalue weighted by molar-refractivity contribution is 6.01. The lowest BCUT2D eigenvalue weighted by atomic mass is 9.84. The fraction of sp³-hybridized carbons (Fsp3) is 0.409. The smallest absolute Gasteiger partial charge is 0.247 e. The first-order valence-electron chi connectivity index (χ1n) is 9.58. The van der Waals surface area contributed by atoms with E-state index in [4.69, 9.17) is 0 Å².